The summed E-state index contributed by atoms with van der Waals surface area (Å²) in [6.07, 6.45) is 0.375. The number of fused-ring (bicyclic) bond motifs is 1. The first-order valence-corrected chi connectivity index (χ1v) is 8.30. The van der Waals surface area contributed by atoms with Crippen molar-refractivity contribution in [2.45, 2.75) is 19.5 Å². The Labute approximate surface area is 152 Å². The van der Waals surface area contributed by atoms with Crippen LogP contribution in [0, 0.1) is 0 Å². The van der Waals surface area contributed by atoms with Gasteiger partial charge in [-0.05, 0) is 36.8 Å². The molecule has 0 amide bonds. The Morgan fingerprint density at radius 1 is 1.00 bits per heavy atom. The number of hydrogen-bond donors (Lipinski definition) is 0. The van der Waals surface area contributed by atoms with Crippen LogP contribution in [0.15, 0.2) is 55.0 Å². The molecular weight excluding hydrogens is 355 g/mol. The topological polar surface area (TPSA) is 56.5 Å². The minimum absolute atomic E-state index is 0.144. The molecule has 0 aromatic carbocycles. The van der Waals surface area contributed by atoms with Gasteiger partial charge >= 0.3 is 6.18 Å². The van der Waals surface area contributed by atoms with Crippen molar-refractivity contribution in [2.24, 2.45) is 0 Å². The first kappa shape index (κ1) is 17.1. The highest BCUT2D eigenvalue weighted by Crippen LogP contribution is 2.32. The lowest BCUT2D eigenvalue weighted by Crippen LogP contribution is -2.06. The van der Waals surface area contributed by atoms with Crippen LogP contribution in [-0.4, -0.2) is 24.5 Å². The molecular formula is C19H14F3N5. The van der Waals surface area contributed by atoms with Crippen molar-refractivity contribution < 1.29 is 13.2 Å². The van der Waals surface area contributed by atoms with Gasteiger partial charge in [-0.3, -0.25) is 14.5 Å². The predicted octanol–water partition coefficient (Wildman–Crippen LogP) is 4.46. The van der Waals surface area contributed by atoms with Crippen LogP contribution in [0.2, 0.25) is 0 Å². The number of alkyl halides is 3. The molecule has 8 heteroatoms. The number of halogens is 3. The largest absolute Gasteiger partial charge is 0.417 e. The van der Waals surface area contributed by atoms with Crippen LogP contribution in [0.4, 0.5) is 13.2 Å². The monoisotopic (exact) mass is 369 g/mol. The average Bonchev–Trinajstić information content (AvgIpc) is 3.07. The van der Waals surface area contributed by atoms with E-state index in [0.717, 1.165) is 24.4 Å². The molecule has 4 aromatic rings. The SMILES string of the molecule is CCc1ccc(-n2c(-c3ccccn3)nc3cc(C(F)(F)F)cnc32)cn1. The number of imidazole rings is 1. The smallest absolute Gasteiger partial charge is 0.274 e. The van der Waals surface area contributed by atoms with Gasteiger partial charge in [0.2, 0.25) is 0 Å². The molecule has 4 aromatic heterocycles. The van der Waals surface area contributed by atoms with Crippen molar-refractivity contribution in [1.82, 2.24) is 24.5 Å². The highest BCUT2D eigenvalue weighted by Gasteiger charge is 2.32. The van der Waals surface area contributed by atoms with E-state index in [9.17, 15) is 13.2 Å². The van der Waals surface area contributed by atoms with E-state index in [1.807, 2.05) is 19.1 Å². The molecule has 0 saturated heterocycles. The van der Waals surface area contributed by atoms with Crippen LogP contribution in [0.1, 0.15) is 18.2 Å². The molecule has 27 heavy (non-hydrogen) atoms. The van der Waals surface area contributed by atoms with Gasteiger partial charge in [0, 0.05) is 18.1 Å². The maximum atomic E-state index is 13.1. The third kappa shape index (κ3) is 3.14. The highest BCUT2D eigenvalue weighted by molar-refractivity contribution is 5.79. The molecule has 0 N–H and O–H groups in total. The van der Waals surface area contributed by atoms with Gasteiger partial charge in [0.15, 0.2) is 11.5 Å². The summed E-state index contributed by atoms with van der Waals surface area (Å²) in [6.45, 7) is 1.99. The Kier molecular flexibility index (Phi) is 4.10. The number of pyridine rings is 3. The van der Waals surface area contributed by atoms with Crippen molar-refractivity contribution in [1.29, 1.82) is 0 Å². The molecule has 0 unspecified atom stereocenters. The van der Waals surface area contributed by atoms with E-state index in [4.69, 9.17) is 0 Å². The van der Waals surface area contributed by atoms with Crippen molar-refractivity contribution in [3.8, 4) is 17.2 Å². The van der Waals surface area contributed by atoms with E-state index in [2.05, 4.69) is 19.9 Å². The summed E-state index contributed by atoms with van der Waals surface area (Å²) in [5.74, 6) is 0.406. The molecule has 0 aliphatic carbocycles. The number of aryl methyl sites for hydroxylation is 1. The Balaban J connectivity index is 1.98. The van der Waals surface area contributed by atoms with E-state index < -0.39 is 11.7 Å². The normalized spacial score (nSPS) is 11.9. The van der Waals surface area contributed by atoms with E-state index >= 15 is 0 Å². The maximum Gasteiger partial charge on any atom is 0.417 e. The van der Waals surface area contributed by atoms with Gasteiger partial charge in [-0.15, -0.1) is 0 Å². The summed E-state index contributed by atoms with van der Waals surface area (Å²) in [6, 6.07) is 10.0. The Morgan fingerprint density at radius 3 is 2.48 bits per heavy atom. The van der Waals surface area contributed by atoms with Crippen molar-refractivity contribution in [2.75, 3.05) is 0 Å². The molecule has 0 radical (unpaired) electrons. The van der Waals surface area contributed by atoms with Crippen LogP contribution in [-0.2, 0) is 12.6 Å². The molecule has 5 nitrogen and oxygen atoms in total. The fraction of sp³-hybridized carbons (Fsp3) is 0.158. The van der Waals surface area contributed by atoms with Gasteiger partial charge in [-0.1, -0.05) is 13.0 Å². The first-order chi connectivity index (χ1) is 13.0. The number of hydrogen-bond acceptors (Lipinski definition) is 4. The van der Waals surface area contributed by atoms with Gasteiger partial charge in [-0.2, -0.15) is 13.2 Å². The maximum absolute atomic E-state index is 13.1. The summed E-state index contributed by atoms with van der Waals surface area (Å²) in [4.78, 5) is 17.1. The van der Waals surface area contributed by atoms with Crippen molar-refractivity contribution in [3.63, 3.8) is 0 Å². The molecule has 136 valence electrons. The fourth-order valence-corrected chi connectivity index (χ4v) is 2.79. The van der Waals surface area contributed by atoms with E-state index in [-0.39, 0.29) is 5.52 Å². The lowest BCUT2D eigenvalue weighted by molar-refractivity contribution is -0.137. The standard InChI is InChI=1S/C19H14F3N5/c1-2-13-6-7-14(11-24-13)27-17-16(9-12(10-25-17)19(20,21)22)26-18(27)15-5-3-4-8-23-15/h3-11H,2H2,1H3. The second-order valence-electron chi connectivity index (χ2n) is 5.91. The third-order valence-electron chi connectivity index (χ3n) is 4.15. The average molecular weight is 369 g/mol. The zero-order valence-electron chi connectivity index (χ0n) is 14.3. The van der Waals surface area contributed by atoms with Gasteiger partial charge in [0.25, 0.3) is 0 Å². The van der Waals surface area contributed by atoms with Gasteiger partial charge in [-0.25, -0.2) is 9.97 Å². The Morgan fingerprint density at radius 2 is 1.85 bits per heavy atom. The lowest BCUT2D eigenvalue weighted by atomic mass is 10.2. The zero-order chi connectivity index (χ0) is 19.0. The fourth-order valence-electron chi connectivity index (χ4n) is 2.79. The molecule has 0 fully saturated rings. The van der Waals surface area contributed by atoms with Crippen LogP contribution >= 0.6 is 0 Å². The Bertz CT molecular complexity index is 1090. The van der Waals surface area contributed by atoms with Gasteiger partial charge in [0.05, 0.1) is 17.4 Å². The molecule has 0 aliphatic heterocycles. The summed E-state index contributed by atoms with van der Waals surface area (Å²) in [7, 11) is 0. The van der Waals surface area contributed by atoms with E-state index in [1.54, 1.807) is 35.2 Å². The zero-order valence-corrected chi connectivity index (χ0v) is 14.3. The number of nitrogens with zero attached hydrogens (tertiary/aromatic N) is 5. The van der Waals surface area contributed by atoms with Crippen molar-refractivity contribution in [3.05, 3.63) is 66.2 Å². The minimum atomic E-state index is -4.49. The number of rotatable bonds is 3. The summed E-state index contributed by atoms with van der Waals surface area (Å²) in [5, 5.41) is 0. The Hall–Kier alpha value is -3.29. The minimum Gasteiger partial charge on any atom is -0.274 e. The summed E-state index contributed by atoms with van der Waals surface area (Å²) in [5.41, 5.74) is 1.72. The van der Waals surface area contributed by atoms with Crippen LogP contribution < -0.4 is 0 Å². The highest BCUT2D eigenvalue weighted by atomic mass is 19.4. The molecule has 4 rings (SSSR count). The molecule has 4 heterocycles. The molecule has 0 aliphatic rings. The summed E-state index contributed by atoms with van der Waals surface area (Å²) >= 11 is 0. The van der Waals surface area contributed by atoms with Crippen molar-refractivity contribution >= 4 is 11.2 Å². The number of aromatic nitrogens is 5. The summed E-state index contributed by atoms with van der Waals surface area (Å²) < 4.78 is 40.8. The van der Waals surface area contributed by atoms with Gasteiger partial charge in [0.1, 0.15) is 11.2 Å². The second kappa shape index (κ2) is 6.46. The first-order valence-electron chi connectivity index (χ1n) is 8.30. The molecule has 0 bridgehead atoms. The molecule has 0 saturated carbocycles. The third-order valence-corrected chi connectivity index (χ3v) is 4.15. The van der Waals surface area contributed by atoms with E-state index in [0.29, 0.717) is 22.9 Å². The lowest BCUT2D eigenvalue weighted by Gasteiger charge is -2.09. The van der Waals surface area contributed by atoms with Crippen LogP contribution in [0.25, 0.3) is 28.4 Å². The van der Waals surface area contributed by atoms with E-state index in [1.165, 1.54) is 0 Å². The van der Waals surface area contributed by atoms with Crippen LogP contribution in [0.5, 0.6) is 0 Å². The second-order valence-corrected chi connectivity index (χ2v) is 5.91. The van der Waals surface area contributed by atoms with Gasteiger partial charge < -0.3 is 0 Å². The predicted molar refractivity (Wildman–Crippen MR) is 94.3 cm³/mol. The molecule has 0 spiro atoms. The quantitative estimate of drug-likeness (QED) is 0.535. The molecule has 0 atom stereocenters. The van der Waals surface area contributed by atoms with Crippen LogP contribution in [0.3, 0.4) is 0 Å².